The molecule has 0 atom stereocenters. The van der Waals surface area contributed by atoms with Gasteiger partial charge in [0.1, 0.15) is 17.0 Å². The number of anilines is 4. The zero-order chi connectivity index (χ0) is 25.3. The molecule has 0 aromatic carbocycles. The summed E-state index contributed by atoms with van der Waals surface area (Å²) in [5.74, 6) is 0.249. The first kappa shape index (κ1) is 17.5. The summed E-state index contributed by atoms with van der Waals surface area (Å²) in [6.07, 6.45) is 4.63. The van der Waals surface area contributed by atoms with E-state index < -0.39 is 12.9 Å². The van der Waals surface area contributed by atoms with Gasteiger partial charge in [-0.1, -0.05) is 6.07 Å². The van der Waals surface area contributed by atoms with Crippen LogP contribution >= 0.6 is 0 Å². The summed E-state index contributed by atoms with van der Waals surface area (Å²) in [6.45, 7) is 1.55. The highest BCUT2D eigenvalue weighted by Crippen LogP contribution is 2.27. The fourth-order valence-corrected chi connectivity index (χ4v) is 3.32. The molecular formula is C22H24N8O2. The third kappa shape index (κ3) is 3.89. The van der Waals surface area contributed by atoms with Gasteiger partial charge in [-0.2, -0.15) is 5.10 Å². The van der Waals surface area contributed by atoms with E-state index in [1.165, 1.54) is 12.3 Å². The molecular weight excluding hydrogens is 408 g/mol. The molecule has 0 spiro atoms. The van der Waals surface area contributed by atoms with Gasteiger partial charge in [0.25, 0.3) is 11.5 Å². The van der Waals surface area contributed by atoms with Gasteiger partial charge in [0.15, 0.2) is 5.82 Å². The van der Waals surface area contributed by atoms with Crippen LogP contribution in [-0.2, 0) is 13.6 Å². The second-order valence-electron chi connectivity index (χ2n) is 7.18. The van der Waals surface area contributed by atoms with Gasteiger partial charge in [-0.25, -0.2) is 9.97 Å². The molecule has 0 saturated carbocycles. The summed E-state index contributed by atoms with van der Waals surface area (Å²) in [5.41, 5.74) is 1.52. The third-order valence-corrected chi connectivity index (χ3v) is 5.00. The number of fused-ring (bicyclic) bond motifs is 1. The lowest BCUT2D eigenvalue weighted by Gasteiger charge is -2.12. The number of aryl methyl sites for hydroxylation is 3. The monoisotopic (exact) mass is 435 g/mol. The Morgan fingerprint density at radius 1 is 1.16 bits per heavy atom. The number of nitrogens with one attached hydrogen (secondary N) is 3. The van der Waals surface area contributed by atoms with Crippen LogP contribution in [0.1, 0.15) is 27.0 Å². The number of aromatic nitrogens is 5. The number of hydrogen-bond acceptors (Lipinski definition) is 7. The average Bonchev–Trinajstić information content (AvgIpc) is 3.10. The molecule has 0 saturated heterocycles. The molecule has 32 heavy (non-hydrogen) atoms. The van der Waals surface area contributed by atoms with Crippen molar-refractivity contribution in [2.45, 2.75) is 20.4 Å². The average molecular weight is 436 g/mol. The summed E-state index contributed by atoms with van der Waals surface area (Å²) < 4.78 is 25.2. The van der Waals surface area contributed by atoms with Crippen molar-refractivity contribution in [3.63, 3.8) is 0 Å². The summed E-state index contributed by atoms with van der Waals surface area (Å²) in [5, 5.41) is 12.8. The number of pyridine rings is 3. The van der Waals surface area contributed by atoms with E-state index in [0.717, 1.165) is 5.56 Å². The van der Waals surface area contributed by atoms with Gasteiger partial charge < -0.3 is 20.5 Å². The van der Waals surface area contributed by atoms with Crippen LogP contribution < -0.4 is 21.5 Å². The number of rotatable bonds is 6. The van der Waals surface area contributed by atoms with Crippen LogP contribution in [0.3, 0.4) is 0 Å². The van der Waals surface area contributed by atoms with Gasteiger partial charge in [0, 0.05) is 49.3 Å². The van der Waals surface area contributed by atoms with Gasteiger partial charge >= 0.3 is 0 Å². The Balaban J connectivity index is 1.79. The highest BCUT2D eigenvalue weighted by Gasteiger charge is 2.18. The maximum Gasteiger partial charge on any atom is 0.263 e. The summed E-state index contributed by atoms with van der Waals surface area (Å²) in [7, 11) is 1.70. The zero-order valence-electron chi connectivity index (χ0n) is 20.8. The van der Waals surface area contributed by atoms with Gasteiger partial charge in [-0.05, 0) is 31.5 Å². The minimum absolute atomic E-state index is 0.0332. The number of amides is 1. The molecule has 0 fully saturated rings. The Kier molecular flexibility index (Phi) is 4.64. The van der Waals surface area contributed by atoms with Crippen LogP contribution in [0.15, 0.2) is 47.7 Å². The van der Waals surface area contributed by atoms with Crippen molar-refractivity contribution in [3.05, 3.63) is 64.3 Å². The molecule has 0 aliphatic heterocycles. The predicted octanol–water partition coefficient (Wildman–Crippen LogP) is 2.70. The molecule has 10 heteroatoms. The van der Waals surface area contributed by atoms with E-state index in [-0.39, 0.29) is 22.6 Å². The molecule has 4 aromatic heterocycles. The molecule has 0 unspecified atom stereocenters. The minimum atomic E-state index is -2.69. The number of carbonyl (C=O) groups is 1. The summed E-state index contributed by atoms with van der Waals surface area (Å²) in [6, 6.07) is 6.96. The van der Waals surface area contributed by atoms with Crippen molar-refractivity contribution in [3.8, 4) is 0 Å². The highest BCUT2D eigenvalue weighted by atomic mass is 16.1. The van der Waals surface area contributed by atoms with Gasteiger partial charge in [-0.15, -0.1) is 0 Å². The predicted molar refractivity (Wildman–Crippen MR) is 124 cm³/mol. The molecule has 0 aliphatic carbocycles. The van der Waals surface area contributed by atoms with Crippen LogP contribution in [0.5, 0.6) is 0 Å². The molecule has 10 nitrogen and oxygen atoms in total. The van der Waals surface area contributed by atoms with E-state index in [2.05, 4.69) is 25.7 Å². The number of carbonyl (C=O) groups excluding carboxylic acids is 1. The molecule has 4 heterocycles. The first-order valence-electron chi connectivity index (χ1n) is 11.4. The van der Waals surface area contributed by atoms with Gasteiger partial charge in [0.2, 0.25) is 0 Å². The van der Waals surface area contributed by atoms with Crippen molar-refractivity contribution >= 4 is 40.0 Å². The van der Waals surface area contributed by atoms with Crippen molar-refractivity contribution in [1.82, 2.24) is 29.6 Å². The molecule has 164 valence electrons. The highest BCUT2D eigenvalue weighted by molar-refractivity contribution is 6.01. The Morgan fingerprint density at radius 2 is 1.97 bits per heavy atom. The lowest BCUT2D eigenvalue weighted by Crippen LogP contribution is -2.20. The second kappa shape index (κ2) is 8.50. The van der Waals surface area contributed by atoms with Crippen molar-refractivity contribution in [2.24, 2.45) is 7.05 Å². The van der Waals surface area contributed by atoms with Crippen molar-refractivity contribution < 1.29 is 8.91 Å². The van der Waals surface area contributed by atoms with E-state index in [0.29, 0.717) is 29.1 Å². The van der Waals surface area contributed by atoms with Crippen LogP contribution in [0.25, 0.3) is 10.9 Å². The molecule has 0 radical (unpaired) electrons. The van der Waals surface area contributed by atoms with Gasteiger partial charge in [-0.3, -0.25) is 14.3 Å². The molecule has 1 amide bonds. The first-order valence-corrected chi connectivity index (χ1v) is 9.91. The van der Waals surface area contributed by atoms with E-state index in [9.17, 15) is 9.59 Å². The van der Waals surface area contributed by atoms with E-state index in [1.807, 2.05) is 25.2 Å². The van der Waals surface area contributed by atoms with Crippen LogP contribution in [0, 0.1) is 6.92 Å². The molecule has 4 aromatic rings. The van der Waals surface area contributed by atoms with Crippen molar-refractivity contribution in [2.75, 3.05) is 17.6 Å². The molecule has 4 rings (SSSR count). The Hall–Kier alpha value is -4.21. The quantitative estimate of drug-likeness (QED) is 0.426. The maximum atomic E-state index is 13.0. The Bertz CT molecular complexity index is 1460. The largest absolute Gasteiger partial charge is 0.355 e. The lowest BCUT2D eigenvalue weighted by molar-refractivity contribution is 0.0963. The number of hydrogen-bond donors (Lipinski definition) is 3. The fourth-order valence-electron chi connectivity index (χ4n) is 3.32. The van der Waals surface area contributed by atoms with Crippen LogP contribution in [0.2, 0.25) is 0 Å². The summed E-state index contributed by atoms with van der Waals surface area (Å²) in [4.78, 5) is 34.3. The smallest absolute Gasteiger partial charge is 0.263 e. The van der Waals surface area contributed by atoms with E-state index in [1.54, 1.807) is 40.8 Å². The lowest BCUT2D eigenvalue weighted by atomic mass is 10.2. The topological polar surface area (TPSA) is 119 Å². The van der Waals surface area contributed by atoms with E-state index in [4.69, 9.17) is 4.11 Å². The molecule has 0 bridgehead atoms. The van der Waals surface area contributed by atoms with Gasteiger partial charge in [0.05, 0.1) is 16.8 Å². The standard InChI is InChI=1S/C22H24N8O2/c1-5-30-9-8-16-19(22(30)32)20(28-29(16)4)26-15-10-18(25-12-14(15)21(31)23-3)27-17-7-6-13(2)11-24-17/h6-12H,5H2,1-4H3,(H,23,31)(H2,24,25,26,27,28)/i3D3. The normalized spacial score (nSPS) is 12.7. The number of nitrogens with zero attached hydrogens (tertiary/aromatic N) is 5. The van der Waals surface area contributed by atoms with Crippen LogP contribution in [0.4, 0.5) is 23.1 Å². The minimum Gasteiger partial charge on any atom is -0.355 e. The van der Waals surface area contributed by atoms with Crippen molar-refractivity contribution in [1.29, 1.82) is 0 Å². The third-order valence-electron chi connectivity index (χ3n) is 5.00. The molecule has 0 aliphatic rings. The van der Waals surface area contributed by atoms with Crippen LogP contribution in [-0.4, -0.2) is 37.2 Å². The second-order valence-corrected chi connectivity index (χ2v) is 7.18. The van der Waals surface area contributed by atoms with E-state index >= 15 is 0 Å². The SMILES string of the molecule is [2H]C([2H])([2H])NC(=O)c1cnc(Nc2ccc(C)cn2)cc1Nc1nn(C)c2ccn(CC)c(=O)c12. The fraction of sp³-hybridized carbons (Fsp3) is 0.227. The summed E-state index contributed by atoms with van der Waals surface area (Å²) >= 11 is 0. The molecule has 3 N–H and O–H groups in total. The Morgan fingerprint density at radius 3 is 2.69 bits per heavy atom. The first-order chi connectivity index (χ1) is 16.6. The maximum absolute atomic E-state index is 13.0. The Labute approximate surface area is 188 Å². The zero-order valence-corrected chi connectivity index (χ0v) is 17.8.